The summed E-state index contributed by atoms with van der Waals surface area (Å²) in [6, 6.07) is 0.0923. The van der Waals surface area contributed by atoms with Gasteiger partial charge in [0.1, 0.15) is 12.0 Å². The van der Waals surface area contributed by atoms with Gasteiger partial charge in [-0.1, -0.05) is 0 Å². The van der Waals surface area contributed by atoms with Crippen molar-refractivity contribution in [2.75, 3.05) is 26.3 Å². The maximum atomic E-state index is 10.7. The summed E-state index contributed by atoms with van der Waals surface area (Å²) in [6.07, 6.45) is 1.94. The summed E-state index contributed by atoms with van der Waals surface area (Å²) in [7, 11) is 0. The summed E-state index contributed by atoms with van der Waals surface area (Å²) in [4.78, 5) is 12.9. The van der Waals surface area contributed by atoms with Crippen LogP contribution in [-0.2, 0) is 11.2 Å². The molecule has 83 valence electrons. The first kappa shape index (κ1) is 10.4. The van der Waals surface area contributed by atoms with Crippen molar-refractivity contribution in [3.05, 3.63) is 29.6 Å². The molecule has 1 fully saturated rings. The normalized spacial score (nSPS) is 20.3. The second-order valence-corrected chi connectivity index (χ2v) is 3.56. The topological polar surface area (TPSA) is 55.8 Å². The molecule has 5 heteroatoms. The Morgan fingerprint density at radius 1 is 1.47 bits per heavy atom. The minimum atomic E-state index is -0.654. The number of morpholine rings is 1. The lowest BCUT2D eigenvalue weighted by molar-refractivity contribution is 0.0243. The van der Waals surface area contributed by atoms with Crippen LogP contribution in [0.4, 0.5) is 0 Å². The van der Waals surface area contributed by atoms with Gasteiger partial charge in [-0.05, 0) is 6.92 Å². The fraction of sp³-hybridized carbons (Fsp3) is 0.600. The number of nitrogens with zero attached hydrogens (tertiary/aromatic N) is 1. The van der Waals surface area contributed by atoms with Crippen molar-refractivity contribution in [2.24, 2.45) is 0 Å². The van der Waals surface area contributed by atoms with Gasteiger partial charge >= 0.3 is 5.82 Å². The molecule has 1 saturated heterocycles. The Balaban J connectivity index is 1.90. The zero-order valence-corrected chi connectivity index (χ0v) is 8.48. The standard InChI is InChI=1S/C10H14NO4/c1-8(11-2-4-13-5-3-11)6-9-7-14-10(12)15-9/h7-8H,1-6H2. The number of hydrogen-bond donors (Lipinski definition) is 0. The molecule has 0 bridgehead atoms. The largest absolute Gasteiger partial charge is 0.518 e. The molecule has 15 heavy (non-hydrogen) atoms. The number of rotatable bonds is 3. The smallest absolute Gasteiger partial charge is 0.399 e. The molecule has 1 aromatic heterocycles. The number of ether oxygens (including phenoxy) is 1. The lowest BCUT2D eigenvalue weighted by Gasteiger charge is -2.31. The molecule has 0 saturated carbocycles. The SMILES string of the molecule is [CH2]C(Cc1coc(=O)o1)N1CCOCC1. The van der Waals surface area contributed by atoms with E-state index in [1.807, 2.05) is 0 Å². The van der Waals surface area contributed by atoms with Crippen LogP contribution in [0.3, 0.4) is 0 Å². The number of hydrogen-bond acceptors (Lipinski definition) is 5. The average Bonchev–Trinajstić information content (AvgIpc) is 2.65. The quantitative estimate of drug-likeness (QED) is 0.721. The first-order valence-electron chi connectivity index (χ1n) is 4.98. The van der Waals surface area contributed by atoms with E-state index in [2.05, 4.69) is 16.2 Å². The van der Waals surface area contributed by atoms with Crippen molar-refractivity contribution in [1.29, 1.82) is 0 Å². The van der Waals surface area contributed by atoms with Crippen LogP contribution in [-0.4, -0.2) is 37.2 Å². The van der Waals surface area contributed by atoms with E-state index >= 15 is 0 Å². The van der Waals surface area contributed by atoms with Crippen LogP contribution in [0.25, 0.3) is 0 Å². The molecule has 1 aliphatic rings. The zero-order chi connectivity index (χ0) is 10.7. The molecular weight excluding hydrogens is 198 g/mol. The molecule has 0 aliphatic carbocycles. The molecule has 2 heterocycles. The summed E-state index contributed by atoms with van der Waals surface area (Å²) in [5, 5.41) is 0. The Labute approximate surface area is 87.6 Å². The Bertz CT molecular complexity index is 350. The molecule has 2 rings (SSSR count). The minimum absolute atomic E-state index is 0.0923. The third kappa shape index (κ3) is 2.70. The molecule has 1 aromatic rings. The van der Waals surface area contributed by atoms with Gasteiger partial charge in [-0.15, -0.1) is 0 Å². The summed E-state index contributed by atoms with van der Waals surface area (Å²) in [5.41, 5.74) is 0. The molecule has 1 unspecified atom stereocenters. The van der Waals surface area contributed by atoms with E-state index in [1.54, 1.807) is 0 Å². The monoisotopic (exact) mass is 212 g/mol. The molecule has 0 aromatic carbocycles. The van der Waals surface area contributed by atoms with Crippen LogP contribution in [0.15, 0.2) is 19.9 Å². The lowest BCUT2D eigenvalue weighted by atomic mass is 10.1. The van der Waals surface area contributed by atoms with E-state index in [0.717, 1.165) is 26.3 Å². The Morgan fingerprint density at radius 3 is 2.80 bits per heavy atom. The average molecular weight is 212 g/mol. The predicted molar refractivity (Wildman–Crippen MR) is 52.5 cm³/mol. The Hall–Kier alpha value is -1.07. The van der Waals surface area contributed by atoms with Crippen molar-refractivity contribution < 1.29 is 13.6 Å². The summed E-state index contributed by atoms with van der Waals surface area (Å²) in [6.45, 7) is 7.25. The van der Waals surface area contributed by atoms with Crippen molar-refractivity contribution in [1.82, 2.24) is 4.90 Å². The zero-order valence-electron chi connectivity index (χ0n) is 8.48. The van der Waals surface area contributed by atoms with Crippen LogP contribution in [0, 0.1) is 6.92 Å². The highest BCUT2D eigenvalue weighted by molar-refractivity contribution is 4.92. The first-order chi connectivity index (χ1) is 7.25. The molecule has 1 aliphatic heterocycles. The molecule has 1 radical (unpaired) electrons. The molecule has 0 spiro atoms. The van der Waals surface area contributed by atoms with Crippen molar-refractivity contribution >= 4 is 0 Å². The van der Waals surface area contributed by atoms with E-state index in [4.69, 9.17) is 9.15 Å². The van der Waals surface area contributed by atoms with Crippen molar-refractivity contribution in [3.63, 3.8) is 0 Å². The fourth-order valence-electron chi connectivity index (χ4n) is 1.66. The summed E-state index contributed by atoms with van der Waals surface area (Å²) >= 11 is 0. The van der Waals surface area contributed by atoms with Gasteiger partial charge in [0.05, 0.1) is 13.2 Å². The van der Waals surface area contributed by atoms with E-state index in [-0.39, 0.29) is 6.04 Å². The molecule has 1 atom stereocenters. The van der Waals surface area contributed by atoms with Crippen LogP contribution in [0.1, 0.15) is 5.76 Å². The maximum absolute atomic E-state index is 10.7. The molecular formula is C10H14NO4. The first-order valence-corrected chi connectivity index (χ1v) is 4.98. The third-order valence-corrected chi connectivity index (χ3v) is 2.50. The molecule has 0 amide bonds. The maximum Gasteiger partial charge on any atom is 0.518 e. The van der Waals surface area contributed by atoms with Crippen LogP contribution >= 0.6 is 0 Å². The van der Waals surface area contributed by atoms with Gasteiger partial charge in [-0.2, -0.15) is 0 Å². The highest BCUT2D eigenvalue weighted by Gasteiger charge is 2.18. The van der Waals surface area contributed by atoms with Crippen molar-refractivity contribution in [3.8, 4) is 0 Å². The van der Waals surface area contributed by atoms with Gasteiger partial charge in [0, 0.05) is 25.6 Å². The van der Waals surface area contributed by atoms with Crippen LogP contribution in [0.5, 0.6) is 0 Å². The second kappa shape index (κ2) is 4.63. The predicted octanol–water partition coefficient (Wildman–Crippen LogP) is 0.310. The Kier molecular flexibility index (Phi) is 3.23. The van der Waals surface area contributed by atoms with Gasteiger partial charge in [0.25, 0.3) is 0 Å². The third-order valence-electron chi connectivity index (χ3n) is 2.50. The van der Waals surface area contributed by atoms with Crippen LogP contribution in [0.2, 0.25) is 0 Å². The second-order valence-electron chi connectivity index (χ2n) is 3.56. The Morgan fingerprint density at radius 2 is 2.20 bits per heavy atom. The summed E-state index contributed by atoms with van der Waals surface area (Å²) in [5.74, 6) is -0.106. The molecule has 0 N–H and O–H groups in total. The van der Waals surface area contributed by atoms with Gasteiger partial charge in [-0.3, -0.25) is 4.90 Å². The van der Waals surface area contributed by atoms with Crippen molar-refractivity contribution in [2.45, 2.75) is 12.5 Å². The fourth-order valence-corrected chi connectivity index (χ4v) is 1.66. The highest BCUT2D eigenvalue weighted by Crippen LogP contribution is 2.09. The van der Waals surface area contributed by atoms with E-state index in [9.17, 15) is 4.79 Å². The lowest BCUT2D eigenvalue weighted by Crippen LogP contribution is -2.43. The van der Waals surface area contributed by atoms with Crippen LogP contribution < -0.4 is 5.82 Å². The van der Waals surface area contributed by atoms with E-state index < -0.39 is 5.82 Å². The summed E-state index contributed by atoms with van der Waals surface area (Å²) < 4.78 is 14.6. The van der Waals surface area contributed by atoms with Gasteiger partial charge < -0.3 is 13.6 Å². The molecule has 5 nitrogen and oxygen atoms in total. The van der Waals surface area contributed by atoms with E-state index in [1.165, 1.54) is 6.26 Å². The van der Waals surface area contributed by atoms with Gasteiger partial charge in [0.15, 0.2) is 0 Å². The van der Waals surface area contributed by atoms with E-state index in [0.29, 0.717) is 12.2 Å². The van der Waals surface area contributed by atoms with Gasteiger partial charge in [-0.25, -0.2) is 4.79 Å². The van der Waals surface area contributed by atoms with Gasteiger partial charge in [0.2, 0.25) is 0 Å². The highest BCUT2D eigenvalue weighted by atomic mass is 16.6. The minimum Gasteiger partial charge on any atom is -0.399 e.